The minimum absolute atomic E-state index is 0.0436. The van der Waals surface area contributed by atoms with E-state index >= 15 is 0 Å². The fourth-order valence-electron chi connectivity index (χ4n) is 3.77. The standard InChI is InChI=1S/C27H23F3N4O3/c1-3-37-25(36)21-15-20(23(34-24(21)35)18-10-7-11-19(14-18)27(28,29)30)22-12-13-31-26(33-22)32-16(2)17-8-5-4-6-9-17/h4-16H,3H2,1-2H3,(H,34,35)(H,31,32,33)/t16-/m0/s1. The summed E-state index contributed by atoms with van der Waals surface area (Å²) in [6.45, 7) is 3.57. The van der Waals surface area contributed by atoms with E-state index in [1.165, 1.54) is 30.5 Å². The maximum absolute atomic E-state index is 13.4. The number of benzene rings is 2. The number of rotatable bonds is 7. The third-order valence-electron chi connectivity index (χ3n) is 5.59. The molecule has 37 heavy (non-hydrogen) atoms. The summed E-state index contributed by atoms with van der Waals surface area (Å²) in [4.78, 5) is 36.5. The van der Waals surface area contributed by atoms with Crippen LogP contribution >= 0.6 is 0 Å². The summed E-state index contributed by atoms with van der Waals surface area (Å²) < 4.78 is 45.2. The van der Waals surface area contributed by atoms with Crippen LogP contribution in [0, 0.1) is 0 Å². The molecular formula is C27H23F3N4O3. The van der Waals surface area contributed by atoms with Gasteiger partial charge in [0.05, 0.1) is 29.6 Å². The first-order chi connectivity index (χ1) is 17.7. The van der Waals surface area contributed by atoms with Crippen molar-refractivity contribution in [2.75, 3.05) is 11.9 Å². The van der Waals surface area contributed by atoms with Crippen LogP contribution in [-0.2, 0) is 10.9 Å². The molecule has 1 atom stereocenters. The molecule has 2 heterocycles. The second kappa shape index (κ2) is 10.7. The monoisotopic (exact) mass is 508 g/mol. The number of H-pyrrole nitrogens is 1. The van der Waals surface area contributed by atoms with Crippen LogP contribution in [0.25, 0.3) is 22.5 Å². The quantitative estimate of drug-likeness (QED) is 0.303. The van der Waals surface area contributed by atoms with Gasteiger partial charge in [0.25, 0.3) is 5.56 Å². The summed E-state index contributed by atoms with van der Waals surface area (Å²) in [5.41, 5.74) is -0.277. The number of ether oxygens (including phenoxy) is 1. The van der Waals surface area contributed by atoms with Crippen LogP contribution < -0.4 is 10.9 Å². The lowest BCUT2D eigenvalue weighted by atomic mass is 9.99. The molecular weight excluding hydrogens is 485 g/mol. The fourth-order valence-corrected chi connectivity index (χ4v) is 3.77. The molecule has 2 aromatic heterocycles. The van der Waals surface area contributed by atoms with Gasteiger partial charge >= 0.3 is 12.1 Å². The normalized spacial score (nSPS) is 12.1. The highest BCUT2D eigenvalue weighted by Gasteiger charge is 2.31. The highest BCUT2D eigenvalue weighted by molar-refractivity contribution is 5.92. The topological polar surface area (TPSA) is 97.0 Å². The first-order valence-electron chi connectivity index (χ1n) is 11.4. The summed E-state index contributed by atoms with van der Waals surface area (Å²) in [7, 11) is 0. The highest BCUT2D eigenvalue weighted by Crippen LogP contribution is 2.35. The maximum Gasteiger partial charge on any atom is 0.416 e. The maximum atomic E-state index is 13.4. The first kappa shape index (κ1) is 25.6. The van der Waals surface area contributed by atoms with E-state index in [2.05, 4.69) is 20.3 Å². The third kappa shape index (κ3) is 5.85. The third-order valence-corrected chi connectivity index (χ3v) is 5.59. The van der Waals surface area contributed by atoms with E-state index in [4.69, 9.17) is 4.74 Å². The zero-order valence-corrected chi connectivity index (χ0v) is 20.0. The average Bonchev–Trinajstić information content (AvgIpc) is 2.89. The van der Waals surface area contributed by atoms with Crippen molar-refractivity contribution in [1.29, 1.82) is 0 Å². The minimum atomic E-state index is -4.58. The Morgan fingerprint density at radius 2 is 1.84 bits per heavy atom. The number of hydrogen-bond donors (Lipinski definition) is 2. The van der Waals surface area contributed by atoms with Crippen molar-refractivity contribution in [1.82, 2.24) is 15.0 Å². The van der Waals surface area contributed by atoms with Crippen LogP contribution in [0.5, 0.6) is 0 Å². The van der Waals surface area contributed by atoms with Gasteiger partial charge in [-0.15, -0.1) is 0 Å². The highest BCUT2D eigenvalue weighted by atomic mass is 19.4. The van der Waals surface area contributed by atoms with Gasteiger partial charge in [-0.25, -0.2) is 14.8 Å². The van der Waals surface area contributed by atoms with Gasteiger partial charge in [0.2, 0.25) is 5.95 Å². The number of esters is 1. The summed E-state index contributed by atoms with van der Waals surface area (Å²) >= 11 is 0. The number of nitrogens with one attached hydrogen (secondary N) is 2. The molecule has 7 nitrogen and oxygen atoms in total. The molecule has 190 valence electrons. The first-order valence-corrected chi connectivity index (χ1v) is 11.4. The van der Waals surface area contributed by atoms with Gasteiger partial charge in [-0.05, 0) is 49.2 Å². The van der Waals surface area contributed by atoms with Crippen molar-refractivity contribution >= 4 is 11.9 Å². The van der Waals surface area contributed by atoms with Crippen molar-refractivity contribution in [2.24, 2.45) is 0 Å². The zero-order valence-electron chi connectivity index (χ0n) is 20.0. The summed E-state index contributed by atoms with van der Waals surface area (Å²) in [6.07, 6.45) is -3.10. The second-order valence-corrected chi connectivity index (χ2v) is 8.14. The molecule has 0 bridgehead atoms. The van der Waals surface area contributed by atoms with Gasteiger partial charge in [-0.2, -0.15) is 13.2 Å². The molecule has 0 saturated carbocycles. The van der Waals surface area contributed by atoms with Crippen molar-refractivity contribution in [2.45, 2.75) is 26.1 Å². The molecule has 0 spiro atoms. The molecule has 0 unspecified atom stereocenters. The predicted octanol–water partition coefficient (Wildman–Crippen LogP) is 5.87. The number of carbonyl (C=O) groups is 1. The Morgan fingerprint density at radius 1 is 1.08 bits per heavy atom. The molecule has 2 aromatic carbocycles. The number of pyridine rings is 1. The lowest BCUT2D eigenvalue weighted by Crippen LogP contribution is -2.21. The molecule has 0 fully saturated rings. The SMILES string of the molecule is CCOC(=O)c1cc(-c2ccnc(N[C@@H](C)c3ccccc3)n2)c(-c2cccc(C(F)(F)F)c2)[nH]c1=O. The number of aromatic amines is 1. The van der Waals surface area contributed by atoms with Gasteiger partial charge in [0.15, 0.2) is 0 Å². The summed E-state index contributed by atoms with van der Waals surface area (Å²) in [6, 6.07) is 16.8. The van der Waals surface area contributed by atoms with Crippen molar-refractivity contribution in [3.05, 3.63) is 100.0 Å². The van der Waals surface area contributed by atoms with Gasteiger partial charge in [0.1, 0.15) is 5.56 Å². The van der Waals surface area contributed by atoms with Crippen LogP contribution in [0.15, 0.2) is 77.7 Å². The molecule has 2 N–H and O–H groups in total. The minimum Gasteiger partial charge on any atom is -0.462 e. The molecule has 0 aliphatic heterocycles. The van der Waals surface area contributed by atoms with Gasteiger partial charge < -0.3 is 15.0 Å². The lowest BCUT2D eigenvalue weighted by molar-refractivity contribution is -0.137. The fraction of sp³-hybridized carbons (Fsp3) is 0.185. The van der Waals surface area contributed by atoms with E-state index in [1.807, 2.05) is 37.3 Å². The van der Waals surface area contributed by atoms with Gasteiger partial charge in [-0.1, -0.05) is 42.5 Å². The smallest absolute Gasteiger partial charge is 0.416 e. The molecule has 0 amide bonds. The lowest BCUT2D eigenvalue weighted by Gasteiger charge is -2.16. The Bertz CT molecular complexity index is 1470. The van der Waals surface area contributed by atoms with Crippen LogP contribution in [0.2, 0.25) is 0 Å². The number of alkyl halides is 3. The van der Waals surface area contributed by atoms with Crippen LogP contribution in [0.1, 0.15) is 41.4 Å². The van der Waals surface area contributed by atoms with Gasteiger partial charge in [-0.3, -0.25) is 4.79 Å². The van der Waals surface area contributed by atoms with E-state index < -0.39 is 23.3 Å². The molecule has 10 heteroatoms. The number of hydrogen-bond acceptors (Lipinski definition) is 6. The van der Waals surface area contributed by atoms with Crippen molar-refractivity contribution < 1.29 is 22.7 Å². The Labute approximate surface area is 210 Å². The Hall–Kier alpha value is -4.47. The second-order valence-electron chi connectivity index (χ2n) is 8.14. The number of anilines is 1. The average molecular weight is 509 g/mol. The molecule has 0 aliphatic carbocycles. The van der Waals surface area contributed by atoms with Crippen LogP contribution in [0.4, 0.5) is 19.1 Å². The Kier molecular flexibility index (Phi) is 7.37. The molecule has 0 radical (unpaired) electrons. The molecule has 4 aromatic rings. The molecule has 0 saturated heterocycles. The number of nitrogens with zero attached hydrogens (tertiary/aromatic N) is 2. The van der Waals surface area contributed by atoms with Crippen molar-refractivity contribution in [3.63, 3.8) is 0 Å². The van der Waals surface area contributed by atoms with Crippen molar-refractivity contribution in [3.8, 4) is 22.5 Å². The zero-order chi connectivity index (χ0) is 26.6. The van der Waals surface area contributed by atoms with E-state index in [1.54, 1.807) is 6.92 Å². The molecule has 4 rings (SSSR count). The van der Waals surface area contributed by atoms with E-state index in [0.29, 0.717) is 0 Å². The number of halogens is 3. The van der Waals surface area contributed by atoms with E-state index in [9.17, 15) is 22.8 Å². The van der Waals surface area contributed by atoms with Crippen LogP contribution in [0.3, 0.4) is 0 Å². The van der Waals surface area contributed by atoms with E-state index in [-0.39, 0.29) is 46.7 Å². The van der Waals surface area contributed by atoms with Gasteiger partial charge in [0, 0.05) is 11.8 Å². The summed E-state index contributed by atoms with van der Waals surface area (Å²) in [5, 5.41) is 3.19. The Morgan fingerprint density at radius 3 is 2.54 bits per heavy atom. The number of carbonyl (C=O) groups excluding carboxylic acids is 1. The predicted molar refractivity (Wildman–Crippen MR) is 133 cm³/mol. The largest absolute Gasteiger partial charge is 0.462 e. The molecule has 0 aliphatic rings. The Balaban J connectivity index is 1.83. The number of aromatic nitrogens is 3. The summed E-state index contributed by atoms with van der Waals surface area (Å²) in [5.74, 6) is -0.599. The van der Waals surface area contributed by atoms with E-state index in [0.717, 1.165) is 17.7 Å². The van der Waals surface area contributed by atoms with Crippen LogP contribution in [-0.4, -0.2) is 27.5 Å².